The van der Waals surface area contributed by atoms with E-state index in [1.807, 2.05) is 37.3 Å². The number of hydrogen-bond donors (Lipinski definition) is 2. The number of benzene rings is 1. The third-order valence-electron chi connectivity index (χ3n) is 6.51. The van der Waals surface area contributed by atoms with Gasteiger partial charge in [0.1, 0.15) is 11.6 Å². The molecule has 3 atom stereocenters. The van der Waals surface area contributed by atoms with E-state index in [0.717, 1.165) is 12.1 Å². The van der Waals surface area contributed by atoms with Crippen LogP contribution in [0.4, 0.5) is 11.6 Å². The van der Waals surface area contributed by atoms with Crippen LogP contribution in [0, 0.1) is 11.8 Å². The Morgan fingerprint density at radius 2 is 1.91 bits per heavy atom. The minimum atomic E-state index is -3.57. The van der Waals surface area contributed by atoms with Gasteiger partial charge in [-0.3, -0.25) is 4.31 Å². The molecule has 1 aliphatic carbocycles. The fourth-order valence-electron chi connectivity index (χ4n) is 3.92. The largest absolute Gasteiger partial charge is 0.419 e. The van der Waals surface area contributed by atoms with Crippen molar-refractivity contribution in [2.75, 3.05) is 23.2 Å². The van der Waals surface area contributed by atoms with Crippen molar-refractivity contribution in [2.45, 2.75) is 51.3 Å². The number of rotatable bonds is 10. The zero-order chi connectivity index (χ0) is 25.4. The van der Waals surface area contributed by atoms with Gasteiger partial charge in [-0.05, 0) is 63.1 Å². The molecule has 1 aliphatic rings. The van der Waals surface area contributed by atoms with Gasteiger partial charge in [0, 0.05) is 19.2 Å². The van der Waals surface area contributed by atoms with E-state index in [2.05, 4.69) is 27.4 Å². The fraction of sp³-hybridized carbons (Fsp3) is 0.480. The zero-order valence-corrected chi connectivity index (χ0v) is 21.7. The van der Waals surface area contributed by atoms with E-state index in [0.29, 0.717) is 35.5 Å². The van der Waals surface area contributed by atoms with E-state index < -0.39 is 20.8 Å². The Balaban J connectivity index is 1.66. The van der Waals surface area contributed by atoms with E-state index >= 15 is 0 Å². The highest BCUT2D eigenvalue weighted by molar-refractivity contribution is 7.93. The van der Waals surface area contributed by atoms with Crippen molar-refractivity contribution >= 4 is 21.7 Å². The lowest BCUT2D eigenvalue weighted by Crippen LogP contribution is -2.35. The highest BCUT2D eigenvalue weighted by Crippen LogP contribution is 2.38. The Morgan fingerprint density at radius 3 is 2.54 bits per heavy atom. The molecule has 0 bridgehead atoms. The van der Waals surface area contributed by atoms with Crippen LogP contribution >= 0.6 is 0 Å². The summed E-state index contributed by atoms with van der Waals surface area (Å²) < 4.78 is 32.8. The molecule has 0 radical (unpaired) electrons. The standard InChI is InChI=1S/C25H34N6O3S/c1-16(2)35(32,33)31(5)22-13-19(12-21(28-22)27-15-20-11-17(20)3)23-29-30-24(34-23)25(4,26)14-18-9-7-6-8-10-18/h6-10,12-13,16-17,20H,11,14-15,26H2,1-5H3,(H,27,28)/t17?,20?,25-/m1/s1. The van der Waals surface area contributed by atoms with Gasteiger partial charge in [-0.25, -0.2) is 13.4 Å². The van der Waals surface area contributed by atoms with Crippen molar-refractivity contribution in [3.8, 4) is 11.5 Å². The molecule has 0 amide bonds. The molecule has 1 aromatic carbocycles. The van der Waals surface area contributed by atoms with Crippen molar-refractivity contribution in [2.24, 2.45) is 17.6 Å². The molecule has 35 heavy (non-hydrogen) atoms. The maximum absolute atomic E-state index is 12.8. The molecule has 2 aromatic heterocycles. The smallest absolute Gasteiger partial charge is 0.248 e. The van der Waals surface area contributed by atoms with Crippen LogP contribution < -0.4 is 15.4 Å². The Bertz CT molecular complexity index is 1270. The lowest BCUT2D eigenvalue weighted by Gasteiger charge is -2.22. The summed E-state index contributed by atoms with van der Waals surface area (Å²) in [5.74, 6) is 2.67. The van der Waals surface area contributed by atoms with Gasteiger partial charge in [-0.2, -0.15) is 0 Å². The normalized spacial score (nSPS) is 19.4. The number of nitrogens with one attached hydrogen (secondary N) is 1. The lowest BCUT2D eigenvalue weighted by molar-refractivity contribution is 0.355. The Hall–Kier alpha value is -2.98. The first kappa shape index (κ1) is 25.1. The van der Waals surface area contributed by atoms with Crippen molar-refractivity contribution in [1.29, 1.82) is 0 Å². The minimum Gasteiger partial charge on any atom is -0.419 e. The summed E-state index contributed by atoms with van der Waals surface area (Å²) in [6.45, 7) is 8.11. The summed E-state index contributed by atoms with van der Waals surface area (Å²) in [5, 5.41) is 11.2. The first-order chi connectivity index (χ1) is 16.5. The number of nitrogens with two attached hydrogens (primary N) is 1. The van der Waals surface area contributed by atoms with Crippen molar-refractivity contribution in [1.82, 2.24) is 15.2 Å². The van der Waals surface area contributed by atoms with Gasteiger partial charge in [0.15, 0.2) is 0 Å². The van der Waals surface area contributed by atoms with Gasteiger partial charge >= 0.3 is 0 Å². The Morgan fingerprint density at radius 1 is 1.23 bits per heavy atom. The third-order valence-corrected chi connectivity index (χ3v) is 8.65. The van der Waals surface area contributed by atoms with Crippen LogP contribution in [0.5, 0.6) is 0 Å². The predicted molar refractivity (Wildman–Crippen MR) is 137 cm³/mol. The number of hydrogen-bond acceptors (Lipinski definition) is 8. The summed E-state index contributed by atoms with van der Waals surface area (Å²) in [6, 6.07) is 13.3. The van der Waals surface area contributed by atoms with Gasteiger partial charge in [-0.1, -0.05) is 37.3 Å². The van der Waals surface area contributed by atoms with Crippen molar-refractivity contribution in [3.63, 3.8) is 0 Å². The molecule has 1 saturated carbocycles. The second-order valence-corrected chi connectivity index (χ2v) is 12.5. The monoisotopic (exact) mass is 498 g/mol. The molecule has 2 heterocycles. The summed E-state index contributed by atoms with van der Waals surface area (Å²) in [5.41, 5.74) is 7.31. The molecule has 2 unspecified atom stereocenters. The van der Waals surface area contributed by atoms with E-state index in [-0.39, 0.29) is 11.7 Å². The molecule has 188 valence electrons. The Kier molecular flexibility index (Phi) is 6.88. The molecule has 3 aromatic rings. The second-order valence-electron chi connectivity index (χ2n) is 10.0. The molecule has 0 aliphatic heterocycles. The molecule has 1 fully saturated rings. The van der Waals surface area contributed by atoms with Crippen LogP contribution in [0.25, 0.3) is 11.5 Å². The van der Waals surface area contributed by atoms with Crippen LogP contribution in [-0.4, -0.2) is 42.4 Å². The topological polar surface area (TPSA) is 127 Å². The predicted octanol–water partition coefficient (Wildman–Crippen LogP) is 3.79. The van der Waals surface area contributed by atoms with Gasteiger partial charge in [0.2, 0.25) is 21.8 Å². The minimum absolute atomic E-state index is 0.256. The van der Waals surface area contributed by atoms with Crippen molar-refractivity contribution in [3.05, 3.63) is 53.9 Å². The Labute approximate surface area is 207 Å². The SMILES string of the molecule is CC1CC1CNc1cc(-c2nnc([C@](C)(N)Cc3ccccc3)o2)cc(N(C)S(=O)(=O)C(C)C)n1. The van der Waals surface area contributed by atoms with Gasteiger partial charge in [0.25, 0.3) is 0 Å². The number of anilines is 2. The summed E-state index contributed by atoms with van der Waals surface area (Å²) in [7, 11) is -2.07. The van der Waals surface area contributed by atoms with Crippen molar-refractivity contribution < 1.29 is 12.8 Å². The molecule has 9 nitrogen and oxygen atoms in total. The van der Waals surface area contributed by atoms with Crippen LogP contribution in [0.2, 0.25) is 0 Å². The zero-order valence-electron chi connectivity index (χ0n) is 20.9. The summed E-state index contributed by atoms with van der Waals surface area (Å²) in [6.07, 6.45) is 1.70. The quantitative estimate of drug-likeness (QED) is 0.432. The highest BCUT2D eigenvalue weighted by Gasteiger charge is 2.33. The molecule has 0 saturated heterocycles. The molecule has 3 N–H and O–H groups in total. The maximum Gasteiger partial charge on any atom is 0.248 e. The average molecular weight is 499 g/mol. The number of aromatic nitrogens is 3. The van der Waals surface area contributed by atoms with Crippen LogP contribution in [0.1, 0.15) is 45.6 Å². The van der Waals surface area contributed by atoms with Crippen LogP contribution in [-0.2, 0) is 22.0 Å². The van der Waals surface area contributed by atoms with Crippen LogP contribution in [0.15, 0.2) is 46.9 Å². The molecule has 10 heteroatoms. The van der Waals surface area contributed by atoms with Gasteiger partial charge in [-0.15, -0.1) is 10.2 Å². The van der Waals surface area contributed by atoms with E-state index in [1.165, 1.54) is 17.8 Å². The first-order valence-corrected chi connectivity index (χ1v) is 13.4. The van der Waals surface area contributed by atoms with E-state index in [1.54, 1.807) is 26.0 Å². The van der Waals surface area contributed by atoms with Gasteiger partial charge in [0.05, 0.1) is 10.8 Å². The summed E-state index contributed by atoms with van der Waals surface area (Å²) in [4.78, 5) is 4.56. The average Bonchev–Trinajstić information content (AvgIpc) is 3.29. The lowest BCUT2D eigenvalue weighted by atomic mass is 9.94. The number of sulfonamides is 1. The summed E-state index contributed by atoms with van der Waals surface area (Å²) >= 11 is 0. The molecular formula is C25H34N6O3S. The maximum atomic E-state index is 12.8. The second kappa shape index (κ2) is 9.58. The highest BCUT2D eigenvalue weighted by atomic mass is 32.2. The molecular weight excluding hydrogens is 464 g/mol. The van der Waals surface area contributed by atoms with E-state index in [9.17, 15) is 8.42 Å². The fourth-order valence-corrected chi connectivity index (χ4v) is 4.91. The third kappa shape index (κ3) is 5.65. The number of pyridine rings is 1. The number of nitrogens with zero attached hydrogens (tertiary/aromatic N) is 4. The van der Waals surface area contributed by atoms with E-state index in [4.69, 9.17) is 10.2 Å². The first-order valence-electron chi connectivity index (χ1n) is 11.9. The van der Waals surface area contributed by atoms with Crippen LogP contribution in [0.3, 0.4) is 0 Å². The van der Waals surface area contributed by atoms with Gasteiger partial charge < -0.3 is 15.5 Å². The molecule has 0 spiro atoms. The molecule has 4 rings (SSSR count).